The van der Waals surface area contributed by atoms with Crippen LogP contribution in [0.1, 0.15) is 72.1 Å². The third kappa shape index (κ3) is 3.00. The molecule has 27 heavy (non-hydrogen) atoms. The van der Waals surface area contributed by atoms with E-state index in [1.807, 2.05) is 0 Å². The van der Waals surface area contributed by atoms with Crippen molar-refractivity contribution in [3.63, 3.8) is 0 Å². The molecular formula is C20H32O6S. The lowest BCUT2D eigenvalue weighted by atomic mass is 9.44. The molecule has 4 aliphatic rings. The summed E-state index contributed by atoms with van der Waals surface area (Å²) >= 11 is 0. The number of hydrogen-bond donors (Lipinski definition) is 2. The van der Waals surface area contributed by atoms with Crippen LogP contribution in [0, 0.1) is 34.5 Å². The van der Waals surface area contributed by atoms with Gasteiger partial charge in [0.2, 0.25) is 0 Å². The van der Waals surface area contributed by atoms with Crippen LogP contribution in [-0.4, -0.2) is 35.6 Å². The zero-order valence-electron chi connectivity index (χ0n) is 16.5. The number of carbonyl (C=O) groups is 1. The molecule has 4 saturated carbocycles. The summed E-state index contributed by atoms with van der Waals surface area (Å²) in [6, 6.07) is 0. The largest absolute Gasteiger partial charge is 0.397 e. The lowest BCUT2D eigenvalue weighted by Gasteiger charge is -2.62. The number of rotatable bonds is 2. The highest BCUT2D eigenvalue weighted by Gasteiger charge is 2.63. The van der Waals surface area contributed by atoms with Gasteiger partial charge in [-0.3, -0.25) is 9.35 Å². The minimum Gasteiger partial charge on any atom is -0.387 e. The van der Waals surface area contributed by atoms with Gasteiger partial charge in [-0.25, -0.2) is 4.18 Å². The van der Waals surface area contributed by atoms with Crippen LogP contribution in [0.15, 0.2) is 0 Å². The van der Waals surface area contributed by atoms with Gasteiger partial charge in [-0.05, 0) is 81.0 Å². The topological polar surface area (TPSA) is 101 Å². The molecule has 0 radical (unpaired) electrons. The molecule has 0 amide bonds. The molecule has 0 aliphatic heterocycles. The van der Waals surface area contributed by atoms with Crippen molar-refractivity contribution < 1.29 is 27.1 Å². The fourth-order valence-corrected chi connectivity index (χ4v) is 8.23. The molecule has 6 nitrogen and oxygen atoms in total. The van der Waals surface area contributed by atoms with Crippen molar-refractivity contribution in [2.24, 2.45) is 34.5 Å². The van der Waals surface area contributed by atoms with E-state index in [4.69, 9.17) is 8.74 Å². The Balaban J connectivity index is 1.62. The number of Topliss-reactive ketones (excluding diaryl/α,β-unsaturated/α-hetero) is 1. The van der Waals surface area contributed by atoms with Gasteiger partial charge in [-0.2, -0.15) is 8.42 Å². The van der Waals surface area contributed by atoms with Crippen LogP contribution in [0.25, 0.3) is 0 Å². The van der Waals surface area contributed by atoms with Gasteiger partial charge in [0.1, 0.15) is 11.9 Å². The standard InChI is InChI=1S/C20H32O6S/c1-18-9-8-15-13(14(18)6-7-16(18)21)5-4-12-10-17(26-27(23,24)25)20(3,22)11-19(12,15)2/h12-15,17,22H,4-11H2,1-3H3,(H,23,24,25)/t12-,13-,14-,15-,17-,18-,19-,20-/m0/s1. The molecule has 0 aromatic carbocycles. The Morgan fingerprint density at radius 2 is 1.78 bits per heavy atom. The lowest BCUT2D eigenvalue weighted by Crippen LogP contribution is -2.60. The van der Waals surface area contributed by atoms with E-state index in [0.29, 0.717) is 42.8 Å². The maximum atomic E-state index is 12.5. The molecule has 0 aromatic heterocycles. The van der Waals surface area contributed by atoms with Gasteiger partial charge in [0, 0.05) is 11.8 Å². The molecule has 0 unspecified atom stereocenters. The second-order valence-corrected chi connectivity index (χ2v) is 11.4. The molecule has 0 saturated heterocycles. The van der Waals surface area contributed by atoms with Gasteiger partial charge in [0.05, 0.1) is 5.60 Å². The van der Waals surface area contributed by atoms with E-state index >= 15 is 0 Å². The Morgan fingerprint density at radius 3 is 2.44 bits per heavy atom. The monoisotopic (exact) mass is 400 g/mol. The SMILES string of the molecule is C[C@]12C[C@](C)(O)[C@@H](OS(=O)(=O)O)C[C@@H]1CC[C@@H]1[C@@H]2CC[C@]2(C)C(=O)CC[C@@H]12. The van der Waals surface area contributed by atoms with Crippen molar-refractivity contribution in [1.82, 2.24) is 0 Å². The van der Waals surface area contributed by atoms with Crippen molar-refractivity contribution in [2.45, 2.75) is 83.8 Å². The summed E-state index contributed by atoms with van der Waals surface area (Å²) in [4.78, 5) is 12.5. The number of hydrogen-bond acceptors (Lipinski definition) is 5. The van der Waals surface area contributed by atoms with E-state index in [1.54, 1.807) is 6.92 Å². The highest BCUT2D eigenvalue weighted by Crippen LogP contribution is 2.66. The average molecular weight is 401 g/mol. The van der Waals surface area contributed by atoms with Crippen LogP contribution in [0.2, 0.25) is 0 Å². The molecule has 4 rings (SSSR count). The summed E-state index contributed by atoms with van der Waals surface area (Å²) in [5.41, 5.74) is -1.58. The summed E-state index contributed by atoms with van der Waals surface area (Å²) in [6.07, 6.45) is 5.61. The van der Waals surface area contributed by atoms with Gasteiger partial charge in [-0.1, -0.05) is 13.8 Å². The van der Waals surface area contributed by atoms with Crippen molar-refractivity contribution >= 4 is 16.2 Å². The van der Waals surface area contributed by atoms with Crippen LogP contribution in [-0.2, 0) is 19.4 Å². The molecule has 8 atom stereocenters. The average Bonchev–Trinajstić information content (AvgIpc) is 2.82. The minimum atomic E-state index is -4.60. The first-order chi connectivity index (χ1) is 12.4. The zero-order chi connectivity index (χ0) is 19.8. The third-order valence-corrected chi connectivity index (χ3v) is 9.42. The second-order valence-electron chi connectivity index (χ2n) is 10.4. The third-order valence-electron chi connectivity index (χ3n) is 8.94. The highest BCUT2D eigenvalue weighted by atomic mass is 32.3. The maximum absolute atomic E-state index is 12.5. The maximum Gasteiger partial charge on any atom is 0.397 e. The Hall–Kier alpha value is -0.500. The highest BCUT2D eigenvalue weighted by molar-refractivity contribution is 7.80. The first-order valence-electron chi connectivity index (χ1n) is 10.3. The molecule has 0 bridgehead atoms. The van der Waals surface area contributed by atoms with Crippen LogP contribution in [0.5, 0.6) is 0 Å². The molecular weight excluding hydrogens is 368 g/mol. The summed E-state index contributed by atoms with van der Waals surface area (Å²) in [5, 5.41) is 11.0. The molecule has 0 aromatic rings. The Bertz CT molecular complexity index is 746. The van der Waals surface area contributed by atoms with E-state index in [1.165, 1.54) is 0 Å². The first kappa shape index (κ1) is 19.8. The lowest BCUT2D eigenvalue weighted by molar-refractivity contribution is -0.186. The summed E-state index contributed by atoms with van der Waals surface area (Å²) in [6.45, 7) is 6.02. The molecule has 0 heterocycles. The number of carbonyl (C=O) groups excluding carboxylic acids is 1. The van der Waals surface area contributed by atoms with E-state index < -0.39 is 22.1 Å². The smallest absolute Gasteiger partial charge is 0.387 e. The van der Waals surface area contributed by atoms with Crippen LogP contribution >= 0.6 is 0 Å². The molecule has 2 N–H and O–H groups in total. The Kier molecular flexibility index (Phi) is 4.40. The van der Waals surface area contributed by atoms with E-state index in [9.17, 15) is 18.3 Å². The Morgan fingerprint density at radius 1 is 1.07 bits per heavy atom. The van der Waals surface area contributed by atoms with Crippen molar-refractivity contribution in [2.75, 3.05) is 0 Å². The molecule has 154 valence electrons. The normalized spacial score (nSPS) is 52.8. The van der Waals surface area contributed by atoms with E-state index in [-0.39, 0.29) is 16.7 Å². The fraction of sp³-hybridized carbons (Fsp3) is 0.950. The predicted molar refractivity (Wildman–Crippen MR) is 99.2 cm³/mol. The van der Waals surface area contributed by atoms with Gasteiger partial charge in [-0.15, -0.1) is 0 Å². The Labute approximate surface area is 162 Å². The number of fused-ring (bicyclic) bond motifs is 5. The van der Waals surface area contributed by atoms with E-state index in [2.05, 4.69) is 13.8 Å². The van der Waals surface area contributed by atoms with Gasteiger partial charge < -0.3 is 5.11 Å². The van der Waals surface area contributed by atoms with Gasteiger partial charge >= 0.3 is 10.4 Å². The molecule has 0 spiro atoms. The minimum absolute atomic E-state index is 0.0987. The van der Waals surface area contributed by atoms with Crippen LogP contribution < -0.4 is 0 Å². The molecule has 7 heteroatoms. The van der Waals surface area contributed by atoms with Gasteiger partial charge in [0.15, 0.2) is 0 Å². The number of ketones is 1. The quantitative estimate of drug-likeness (QED) is 0.691. The van der Waals surface area contributed by atoms with Crippen molar-refractivity contribution in [3.05, 3.63) is 0 Å². The van der Waals surface area contributed by atoms with E-state index in [0.717, 1.165) is 32.1 Å². The molecule has 4 aliphatic carbocycles. The van der Waals surface area contributed by atoms with Crippen LogP contribution in [0.3, 0.4) is 0 Å². The van der Waals surface area contributed by atoms with Crippen LogP contribution in [0.4, 0.5) is 0 Å². The first-order valence-corrected chi connectivity index (χ1v) is 11.6. The van der Waals surface area contributed by atoms with Gasteiger partial charge in [0.25, 0.3) is 0 Å². The second kappa shape index (κ2) is 6.00. The van der Waals surface area contributed by atoms with Crippen molar-refractivity contribution in [3.8, 4) is 0 Å². The predicted octanol–water partition coefficient (Wildman–Crippen LogP) is 3.15. The zero-order valence-corrected chi connectivity index (χ0v) is 17.3. The summed E-state index contributed by atoms with van der Waals surface area (Å²) in [7, 11) is -4.60. The van der Waals surface area contributed by atoms with Crippen molar-refractivity contribution in [1.29, 1.82) is 0 Å². The number of aliphatic hydroxyl groups is 1. The summed E-state index contributed by atoms with van der Waals surface area (Å²) < 4.78 is 36.4. The fourth-order valence-electron chi connectivity index (χ4n) is 7.66. The molecule has 4 fully saturated rings. The summed E-state index contributed by atoms with van der Waals surface area (Å²) in [5.74, 6) is 2.07.